The summed E-state index contributed by atoms with van der Waals surface area (Å²) in [6.07, 6.45) is -3.43. The summed E-state index contributed by atoms with van der Waals surface area (Å²) in [5, 5.41) is 3.19. The molecule has 3 nitrogen and oxygen atoms in total. The van der Waals surface area contributed by atoms with Crippen molar-refractivity contribution in [3.05, 3.63) is 35.4 Å². The molecule has 0 saturated carbocycles. The van der Waals surface area contributed by atoms with Crippen LogP contribution in [-0.2, 0) is 6.18 Å². The zero-order valence-electron chi connectivity index (χ0n) is 10.2. The van der Waals surface area contributed by atoms with Gasteiger partial charge in [0, 0.05) is 19.6 Å². The Labute approximate surface area is 109 Å². The molecule has 19 heavy (non-hydrogen) atoms. The van der Waals surface area contributed by atoms with Crippen molar-refractivity contribution in [3.8, 4) is 0 Å². The Balaban J connectivity index is 1.85. The summed E-state index contributed by atoms with van der Waals surface area (Å²) in [6, 6.07) is 5.60. The van der Waals surface area contributed by atoms with E-state index in [4.69, 9.17) is 0 Å². The summed E-state index contributed by atoms with van der Waals surface area (Å²) >= 11 is 0. The summed E-state index contributed by atoms with van der Waals surface area (Å²) in [5.41, 5.74) is 0.324. The molecule has 1 aromatic carbocycles. The first-order valence-corrected chi connectivity index (χ1v) is 6.28. The fourth-order valence-electron chi connectivity index (χ4n) is 2.64. The molecule has 0 radical (unpaired) electrons. The number of fused-ring (bicyclic) bond motifs is 1. The van der Waals surface area contributed by atoms with Gasteiger partial charge in [-0.15, -0.1) is 0 Å². The summed E-state index contributed by atoms with van der Waals surface area (Å²) in [7, 11) is 0. The predicted octanol–water partition coefficient (Wildman–Crippen LogP) is 2.41. The van der Waals surface area contributed by atoms with E-state index in [9.17, 15) is 13.2 Å². The first-order chi connectivity index (χ1) is 9.05. The highest BCUT2D eigenvalue weighted by Gasteiger charge is 2.32. The molecule has 2 aliphatic heterocycles. The first kappa shape index (κ1) is 12.3. The topological polar surface area (TPSA) is 27.6 Å². The number of halogens is 3. The Kier molecular flexibility index (Phi) is 2.88. The van der Waals surface area contributed by atoms with Crippen LogP contribution >= 0.6 is 0 Å². The van der Waals surface area contributed by atoms with Gasteiger partial charge in [-0.25, -0.2) is 0 Å². The van der Waals surface area contributed by atoms with Crippen LogP contribution in [-0.4, -0.2) is 30.5 Å². The fourth-order valence-corrected chi connectivity index (χ4v) is 2.64. The Bertz CT molecular complexity index is 493. The largest absolute Gasteiger partial charge is 0.416 e. The van der Waals surface area contributed by atoms with Crippen LogP contribution in [0.4, 0.5) is 13.2 Å². The molecule has 0 amide bonds. The molecule has 1 saturated heterocycles. The Morgan fingerprint density at radius 2 is 1.95 bits per heavy atom. The van der Waals surface area contributed by atoms with Gasteiger partial charge in [0.1, 0.15) is 0 Å². The van der Waals surface area contributed by atoms with Crippen LogP contribution in [0, 0.1) is 0 Å². The molecular weight excluding hydrogens is 255 g/mol. The second kappa shape index (κ2) is 4.43. The highest BCUT2D eigenvalue weighted by atomic mass is 19.4. The summed E-state index contributed by atoms with van der Waals surface area (Å²) in [4.78, 5) is 6.51. The highest BCUT2D eigenvalue weighted by Crippen LogP contribution is 2.33. The fraction of sp³-hybridized carbons (Fsp3) is 0.462. The quantitative estimate of drug-likeness (QED) is 0.848. The second-order valence-corrected chi connectivity index (χ2v) is 4.75. The molecule has 3 rings (SSSR count). The average Bonchev–Trinajstić information content (AvgIpc) is 2.86. The van der Waals surface area contributed by atoms with Crippen molar-refractivity contribution in [3.63, 3.8) is 0 Å². The van der Waals surface area contributed by atoms with E-state index < -0.39 is 11.7 Å². The van der Waals surface area contributed by atoms with Gasteiger partial charge in [0.25, 0.3) is 0 Å². The smallest absolute Gasteiger partial charge is 0.354 e. The van der Waals surface area contributed by atoms with Gasteiger partial charge in [-0.1, -0.05) is 12.1 Å². The van der Waals surface area contributed by atoms with E-state index in [-0.39, 0.29) is 6.04 Å². The van der Waals surface area contributed by atoms with Gasteiger partial charge in [-0.05, 0) is 24.1 Å². The number of benzene rings is 1. The number of hydrogen-bond acceptors (Lipinski definition) is 3. The normalized spacial score (nSPS) is 22.8. The van der Waals surface area contributed by atoms with Gasteiger partial charge in [0.2, 0.25) is 0 Å². The van der Waals surface area contributed by atoms with Gasteiger partial charge >= 0.3 is 6.18 Å². The molecule has 2 aliphatic rings. The average molecular weight is 269 g/mol. The number of guanidine groups is 1. The van der Waals surface area contributed by atoms with Gasteiger partial charge in [-0.3, -0.25) is 4.99 Å². The van der Waals surface area contributed by atoms with E-state index in [1.165, 1.54) is 0 Å². The molecular formula is C13H14F3N3. The SMILES string of the molecule is FC(F)(F)c1ccc(C2CCN=C3NCCN32)cc1. The van der Waals surface area contributed by atoms with Crippen molar-refractivity contribution in [2.45, 2.75) is 18.6 Å². The van der Waals surface area contributed by atoms with Crippen LogP contribution in [0.25, 0.3) is 0 Å². The zero-order valence-corrected chi connectivity index (χ0v) is 10.2. The van der Waals surface area contributed by atoms with Crippen LogP contribution in [0.2, 0.25) is 0 Å². The number of hydrogen-bond donors (Lipinski definition) is 1. The maximum atomic E-state index is 12.5. The molecule has 0 aliphatic carbocycles. The minimum Gasteiger partial charge on any atom is -0.354 e. The molecule has 6 heteroatoms. The van der Waals surface area contributed by atoms with E-state index in [0.29, 0.717) is 6.54 Å². The van der Waals surface area contributed by atoms with E-state index in [1.54, 1.807) is 12.1 Å². The van der Waals surface area contributed by atoms with Crippen LogP contribution in [0.15, 0.2) is 29.3 Å². The summed E-state index contributed by atoms with van der Waals surface area (Å²) in [5.74, 6) is 0.871. The molecule has 1 aromatic rings. The molecule has 0 spiro atoms. The van der Waals surface area contributed by atoms with Crippen molar-refractivity contribution in [2.24, 2.45) is 4.99 Å². The standard InChI is InChI=1S/C13H14F3N3/c14-13(15,16)10-3-1-9(2-4-10)11-5-6-17-12-18-7-8-19(11)12/h1-4,11H,5-8H2,(H,17,18). The summed E-state index contributed by atoms with van der Waals surface area (Å²) < 4.78 is 37.6. The van der Waals surface area contributed by atoms with Gasteiger partial charge in [0.05, 0.1) is 11.6 Å². The Morgan fingerprint density at radius 1 is 1.21 bits per heavy atom. The Morgan fingerprint density at radius 3 is 2.63 bits per heavy atom. The number of aliphatic imine (C=N–C) groups is 1. The lowest BCUT2D eigenvalue weighted by Gasteiger charge is -2.32. The lowest BCUT2D eigenvalue weighted by atomic mass is 10.00. The van der Waals surface area contributed by atoms with E-state index in [0.717, 1.165) is 43.2 Å². The highest BCUT2D eigenvalue weighted by molar-refractivity contribution is 5.82. The maximum absolute atomic E-state index is 12.5. The first-order valence-electron chi connectivity index (χ1n) is 6.28. The number of rotatable bonds is 1. The second-order valence-electron chi connectivity index (χ2n) is 4.75. The molecule has 1 fully saturated rings. The molecule has 1 unspecified atom stereocenters. The van der Waals surface area contributed by atoms with Crippen molar-refractivity contribution < 1.29 is 13.2 Å². The third-order valence-corrected chi connectivity index (χ3v) is 3.57. The molecule has 2 heterocycles. The van der Waals surface area contributed by atoms with Gasteiger partial charge in [0.15, 0.2) is 5.96 Å². The minimum atomic E-state index is -4.27. The summed E-state index contributed by atoms with van der Waals surface area (Å²) in [6.45, 7) is 2.41. The van der Waals surface area contributed by atoms with Crippen molar-refractivity contribution >= 4 is 5.96 Å². The Hall–Kier alpha value is -1.72. The number of alkyl halides is 3. The van der Waals surface area contributed by atoms with Crippen LogP contribution < -0.4 is 5.32 Å². The minimum absolute atomic E-state index is 0.129. The van der Waals surface area contributed by atoms with Gasteiger partial charge < -0.3 is 10.2 Å². The van der Waals surface area contributed by atoms with Gasteiger partial charge in [-0.2, -0.15) is 13.2 Å². The number of nitrogens with one attached hydrogen (secondary N) is 1. The zero-order chi connectivity index (χ0) is 13.5. The lowest BCUT2D eigenvalue weighted by Crippen LogP contribution is -2.37. The third-order valence-electron chi connectivity index (χ3n) is 3.57. The van der Waals surface area contributed by atoms with E-state index in [2.05, 4.69) is 15.2 Å². The van der Waals surface area contributed by atoms with Crippen LogP contribution in [0.1, 0.15) is 23.6 Å². The number of nitrogens with zero attached hydrogens (tertiary/aromatic N) is 2. The van der Waals surface area contributed by atoms with E-state index >= 15 is 0 Å². The lowest BCUT2D eigenvalue weighted by molar-refractivity contribution is -0.137. The third kappa shape index (κ3) is 2.27. The van der Waals surface area contributed by atoms with Crippen molar-refractivity contribution in [2.75, 3.05) is 19.6 Å². The molecule has 1 atom stereocenters. The molecule has 1 N–H and O–H groups in total. The molecule has 0 aromatic heterocycles. The maximum Gasteiger partial charge on any atom is 0.416 e. The molecule has 0 bridgehead atoms. The van der Waals surface area contributed by atoms with Crippen LogP contribution in [0.5, 0.6) is 0 Å². The molecule has 102 valence electrons. The predicted molar refractivity (Wildman–Crippen MR) is 65.8 cm³/mol. The monoisotopic (exact) mass is 269 g/mol. The van der Waals surface area contributed by atoms with E-state index in [1.807, 2.05) is 0 Å². The van der Waals surface area contributed by atoms with Crippen molar-refractivity contribution in [1.29, 1.82) is 0 Å². The van der Waals surface area contributed by atoms with Crippen LogP contribution in [0.3, 0.4) is 0 Å². The van der Waals surface area contributed by atoms with Crippen molar-refractivity contribution in [1.82, 2.24) is 10.2 Å².